The number of Topliss-reactive ketones (excluding diaryl/α,β-unsaturated/α-hetero) is 1. The van der Waals surface area contributed by atoms with E-state index in [1.54, 1.807) is 7.11 Å². The van der Waals surface area contributed by atoms with E-state index < -0.39 is 0 Å². The summed E-state index contributed by atoms with van der Waals surface area (Å²) in [5.41, 5.74) is 0. The van der Waals surface area contributed by atoms with Gasteiger partial charge in [0.1, 0.15) is 5.78 Å². The molecule has 164 valence electrons. The standard InChI is InChI=1S/C16H31N3O2.3C2H6/c1-3-16(20)14-18-8-10-19(11-9-18)15-4-6-17(7-5-15)12-13-21-2;3*1-2/h15H,3-14H2,1-2H3;3*1-2H3. The maximum Gasteiger partial charge on any atom is 0.146 e. The molecule has 2 aliphatic heterocycles. The number of carbonyl (C=O) groups is 1. The van der Waals surface area contributed by atoms with Crippen LogP contribution in [0, 0.1) is 0 Å². The molecule has 2 saturated heterocycles. The van der Waals surface area contributed by atoms with E-state index in [0.29, 0.717) is 18.7 Å². The highest BCUT2D eigenvalue weighted by Crippen LogP contribution is 2.18. The van der Waals surface area contributed by atoms with E-state index in [1.807, 2.05) is 48.5 Å². The van der Waals surface area contributed by atoms with Crippen LogP contribution in [-0.2, 0) is 9.53 Å². The van der Waals surface area contributed by atoms with Crippen molar-refractivity contribution in [2.75, 3.05) is 66.1 Å². The zero-order chi connectivity index (χ0) is 21.1. The smallest absolute Gasteiger partial charge is 0.146 e. The van der Waals surface area contributed by atoms with Crippen LogP contribution in [0.2, 0.25) is 0 Å². The number of piperidine rings is 1. The zero-order valence-electron chi connectivity index (χ0n) is 19.7. The van der Waals surface area contributed by atoms with E-state index in [4.69, 9.17) is 4.74 Å². The second-order valence-corrected chi connectivity index (χ2v) is 6.27. The molecule has 0 radical (unpaired) electrons. The number of hydrogen-bond acceptors (Lipinski definition) is 5. The summed E-state index contributed by atoms with van der Waals surface area (Å²) < 4.78 is 5.16. The predicted octanol–water partition coefficient (Wildman–Crippen LogP) is 3.77. The highest BCUT2D eigenvalue weighted by atomic mass is 16.5. The van der Waals surface area contributed by atoms with Gasteiger partial charge in [-0.15, -0.1) is 0 Å². The number of methoxy groups -OCH3 is 1. The van der Waals surface area contributed by atoms with Crippen LogP contribution in [0.3, 0.4) is 0 Å². The first-order valence-electron chi connectivity index (χ1n) is 11.4. The van der Waals surface area contributed by atoms with Crippen LogP contribution in [0.4, 0.5) is 0 Å². The number of piperazine rings is 1. The van der Waals surface area contributed by atoms with Gasteiger partial charge in [-0.1, -0.05) is 48.5 Å². The summed E-state index contributed by atoms with van der Waals surface area (Å²) in [7, 11) is 1.77. The highest BCUT2D eigenvalue weighted by molar-refractivity contribution is 5.80. The number of carbonyl (C=O) groups excluding carboxylic acids is 1. The molecule has 0 amide bonds. The summed E-state index contributed by atoms with van der Waals surface area (Å²) in [6.07, 6.45) is 3.22. The Morgan fingerprint density at radius 1 is 0.852 bits per heavy atom. The molecular weight excluding hydrogens is 338 g/mol. The first-order chi connectivity index (χ1) is 13.2. The Labute approximate surface area is 170 Å². The van der Waals surface area contributed by atoms with E-state index in [-0.39, 0.29) is 0 Å². The van der Waals surface area contributed by atoms with Gasteiger partial charge in [-0.2, -0.15) is 0 Å². The van der Waals surface area contributed by atoms with Crippen LogP contribution >= 0.6 is 0 Å². The molecule has 5 nitrogen and oxygen atoms in total. The lowest BCUT2D eigenvalue weighted by Crippen LogP contribution is -2.54. The van der Waals surface area contributed by atoms with E-state index in [0.717, 1.165) is 45.4 Å². The molecule has 0 spiro atoms. The van der Waals surface area contributed by atoms with E-state index >= 15 is 0 Å². The quantitative estimate of drug-likeness (QED) is 0.664. The van der Waals surface area contributed by atoms with Crippen LogP contribution in [0.25, 0.3) is 0 Å². The summed E-state index contributed by atoms with van der Waals surface area (Å²) in [5, 5.41) is 0. The fourth-order valence-electron chi connectivity index (χ4n) is 3.38. The summed E-state index contributed by atoms with van der Waals surface area (Å²) in [4.78, 5) is 19.0. The monoisotopic (exact) mass is 387 g/mol. The molecule has 0 aromatic rings. The average Bonchev–Trinajstić information content (AvgIpc) is 2.77. The van der Waals surface area contributed by atoms with Crippen LogP contribution in [-0.4, -0.2) is 92.6 Å². The lowest BCUT2D eigenvalue weighted by atomic mass is 10.0. The summed E-state index contributed by atoms with van der Waals surface area (Å²) in [6.45, 7) is 23.3. The fourth-order valence-corrected chi connectivity index (χ4v) is 3.38. The fraction of sp³-hybridized carbons (Fsp3) is 0.955. The van der Waals surface area contributed by atoms with Gasteiger partial charge in [0, 0.05) is 52.3 Å². The Morgan fingerprint density at radius 2 is 1.37 bits per heavy atom. The zero-order valence-corrected chi connectivity index (χ0v) is 19.7. The second kappa shape index (κ2) is 20.2. The van der Waals surface area contributed by atoms with Gasteiger partial charge in [0.25, 0.3) is 0 Å². The number of ether oxygens (including phenoxy) is 1. The van der Waals surface area contributed by atoms with Gasteiger partial charge in [0.05, 0.1) is 13.2 Å². The van der Waals surface area contributed by atoms with Crippen molar-refractivity contribution >= 4 is 5.78 Å². The van der Waals surface area contributed by atoms with Gasteiger partial charge in [0.2, 0.25) is 0 Å². The minimum atomic E-state index is 0.370. The normalized spacial score (nSPS) is 19.0. The molecule has 0 saturated carbocycles. The van der Waals surface area contributed by atoms with E-state index in [2.05, 4.69) is 14.7 Å². The average molecular weight is 388 g/mol. The molecule has 2 rings (SSSR count). The molecular formula is C22H49N3O2. The van der Waals surface area contributed by atoms with Crippen molar-refractivity contribution in [2.45, 2.75) is 73.8 Å². The molecule has 0 N–H and O–H groups in total. The molecule has 0 aromatic heterocycles. The largest absolute Gasteiger partial charge is 0.383 e. The summed E-state index contributed by atoms with van der Waals surface area (Å²) >= 11 is 0. The van der Waals surface area contributed by atoms with Crippen molar-refractivity contribution in [2.24, 2.45) is 0 Å². The molecule has 0 aliphatic carbocycles. The Bertz CT molecular complexity index is 311. The lowest BCUT2D eigenvalue weighted by Gasteiger charge is -2.42. The first kappa shape index (κ1) is 28.7. The van der Waals surface area contributed by atoms with Crippen molar-refractivity contribution in [3.05, 3.63) is 0 Å². The summed E-state index contributed by atoms with van der Waals surface area (Å²) in [6, 6.07) is 0.743. The summed E-state index contributed by atoms with van der Waals surface area (Å²) in [5.74, 6) is 0.370. The molecule has 0 bridgehead atoms. The molecule has 27 heavy (non-hydrogen) atoms. The number of likely N-dealkylation sites (tertiary alicyclic amines) is 1. The molecule has 5 heteroatoms. The van der Waals surface area contributed by atoms with Crippen molar-refractivity contribution in [1.29, 1.82) is 0 Å². The topological polar surface area (TPSA) is 36.0 Å². The van der Waals surface area contributed by atoms with Crippen LogP contribution < -0.4 is 0 Å². The predicted molar refractivity (Wildman–Crippen MR) is 119 cm³/mol. The third-order valence-corrected chi connectivity index (χ3v) is 4.89. The van der Waals surface area contributed by atoms with Gasteiger partial charge in [0.15, 0.2) is 0 Å². The van der Waals surface area contributed by atoms with Gasteiger partial charge in [-0.25, -0.2) is 0 Å². The Hall–Kier alpha value is -0.490. The molecule has 0 atom stereocenters. The molecule has 2 aliphatic rings. The molecule has 0 aromatic carbocycles. The Kier molecular flexibility index (Phi) is 21.5. The van der Waals surface area contributed by atoms with E-state index in [9.17, 15) is 4.79 Å². The Morgan fingerprint density at radius 3 is 1.81 bits per heavy atom. The maximum absolute atomic E-state index is 11.5. The minimum Gasteiger partial charge on any atom is -0.383 e. The van der Waals surface area contributed by atoms with Gasteiger partial charge in [-0.3, -0.25) is 14.6 Å². The van der Waals surface area contributed by atoms with Gasteiger partial charge in [-0.05, 0) is 25.9 Å². The SMILES string of the molecule is CC.CC.CC.CCC(=O)CN1CCN(C2CCN(CCOC)CC2)CC1. The second-order valence-electron chi connectivity index (χ2n) is 6.27. The van der Waals surface area contributed by atoms with Crippen LogP contribution in [0.1, 0.15) is 67.7 Å². The van der Waals surface area contributed by atoms with Crippen LogP contribution in [0.15, 0.2) is 0 Å². The molecule has 0 unspecified atom stereocenters. The third-order valence-electron chi connectivity index (χ3n) is 4.89. The van der Waals surface area contributed by atoms with Crippen molar-refractivity contribution in [3.8, 4) is 0 Å². The third kappa shape index (κ3) is 12.6. The van der Waals surface area contributed by atoms with Crippen molar-refractivity contribution in [3.63, 3.8) is 0 Å². The Balaban J connectivity index is 0. The minimum absolute atomic E-state index is 0.370. The first-order valence-corrected chi connectivity index (χ1v) is 11.4. The molecule has 2 heterocycles. The van der Waals surface area contributed by atoms with Crippen molar-refractivity contribution in [1.82, 2.24) is 14.7 Å². The number of rotatable bonds is 7. The number of hydrogen-bond donors (Lipinski definition) is 0. The lowest BCUT2D eigenvalue weighted by molar-refractivity contribution is -0.120. The van der Waals surface area contributed by atoms with Crippen molar-refractivity contribution < 1.29 is 9.53 Å². The number of ketones is 1. The van der Waals surface area contributed by atoms with Gasteiger partial charge >= 0.3 is 0 Å². The maximum atomic E-state index is 11.5. The van der Waals surface area contributed by atoms with Crippen LogP contribution in [0.5, 0.6) is 0 Å². The molecule has 2 fully saturated rings. The highest BCUT2D eigenvalue weighted by Gasteiger charge is 2.27. The number of nitrogens with zero attached hydrogens (tertiary/aromatic N) is 3. The van der Waals surface area contributed by atoms with Gasteiger partial charge < -0.3 is 9.64 Å². The van der Waals surface area contributed by atoms with E-state index in [1.165, 1.54) is 25.9 Å².